The lowest BCUT2D eigenvalue weighted by atomic mass is 10.0. The molecule has 0 bridgehead atoms. The van der Waals surface area contributed by atoms with E-state index in [2.05, 4.69) is 41.7 Å². The molecule has 0 saturated carbocycles. The number of nitrogens with one attached hydrogen (secondary N) is 1. The van der Waals surface area contributed by atoms with E-state index in [0.29, 0.717) is 0 Å². The summed E-state index contributed by atoms with van der Waals surface area (Å²) < 4.78 is 11.4. The highest BCUT2D eigenvalue weighted by Crippen LogP contribution is 2.31. The van der Waals surface area contributed by atoms with E-state index in [9.17, 15) is 0 Å². The lowest BCUT2D eigenvalue weighted by Crippen LogP contribution is -1.97. The van der Waals surface area contributed by atoms with Crippen molar-refractivity contribution in [3.63, 3.8) is 0 Å². The molecule has 0 radical (unpaired) electrons. The highest BCUT2D eigenvalue weighted by molar-refractivity contribution is 5.47. The summed E-state index contributed by atoms with van der Waals surface area (Å²) >= 11 is 0. The van der Waals surface area contributed by atoms with Gasteiger partial charge in [-0.2, -0.15) is 0 Å². The molecule has 1 heterocycles. The van der Waals surface area contributed by atoms with Gasteiger partial charge in [0.2, 0.25) is 0 Å². The van der Waals surface area contributed by atoms with Crippen LogP contribution >= 0.6 is 0 Å². The van der Waals surface area contributed by atoms with Crippen LogP contribution in [0.1, 0.15) is 17.5 Å². The van der Waals surface area contributed by atoms with Crippen LogP contribution < -0.4 is 14.8 Å². The molecule has 0 atom stereocenters. The molecule has 2 aromatic carbocycles. The van der Waals surface area contributed by atoms with E-state index in [-0.39, 0.29) is 0 Å². The largest absolute Gasteiger partial charge is 0.490 e. The summed E-state index contributed by atoms with van der Waals surface area (Å²) in [4.78, 5) is 0. The maximum absolute atomic E-state index is 5.73. The predicted molar refractivity (Wildman–Crippen MR) is 80.8 cm³/mol. The zero-order chi connectivity index (χ0) is 13.8. The Morgan fingerprint density at radius 1 is 0.900 bits per heavy atom. The van der Waals surface area contributed by atoms with Crippen molar-refractivity contribution in [3.8, 4) is 11.5 Å². The first-order valence-corrected chi connectivity index (χ1v) is 7.00. The van der Waals surface area contributed by atoms with Crippen molar-refractivity contribution in [2.24, 2.45) is 0 Å². The van der Waals surface area contributed by atoms with Gasteiger partial charge in [-0.25, -0.2) is 0 Å². The van der Waals surface area contributed by atoms with E-state index in [0.717, 1.165) is 43.2 Å². The van der Waals surface area contributed by atoms with Crippen molar-refractivity contribution < 1.29 is 9.47 Å². The van der Waals surface area contributed by atoms with Gasteiger partial charge in [0.1, 0.15) is 0 Å². The lowest BCUT2D eigenvalue weighted by molar-refractivity contribution is 0.297. The Kier molecular flexibility index (Phi) is 3.77. The third kappa shape index (κ3) is 2.87. The molecular formula is C17H19NO2. The summed E-state index contributed by atoms with van der Waals surface area (Å²) in [7, 11) is 1.93. The molecule has 1 N–H and O–H groups in total. The average Bonchev–Trinajstić information content (AvgIpc) is 2.73. The average molecular weight is 269 g/mol. The number of fused-ring (bicyclic) bond motifs is 1. The maximum atomic E-state index is 5.73. The molecule has 2 aromatic rings. The second-order valence-electron chi connectivity index (χ2n) is 4.96. The molecule has 0 aliphatic carbocycles. The third-order valence-electron chi connectivity index (χ3n) is 3.46. The van der Waals surface area contributed by atoms with Gasteiger partial charge >= 0.3 is 0 Å². The van der Waals surface area contributed by atoms with Crippen molar-refractivity contribution in [2.75, 3.05) is 25.6 Å². The quantitative estimate of drug-likeness (QED) is 0.925. The molecular weight excluding hydrogens is 250 g/mol. The van der Waals surface area contributed by atoms with Gasteiger partial charge in [0.05, 0.1) is 13.2 Å². The van der Waals surface area contributed by atoms with E-state index >= 15 is 0 Å². The van der Waals surface area contributed by atoms with Crippen LogP contribution in [0.25, 0.3) is 0 Å². The molecule has 104 valence electrons. The number of ether oxygens (including phenoxy) is 2. The zero-order valence-corrected chi connectivity index (χ0v) is 11.7. The minimum absolute atomic E-state index is 0.729. The molecule has 3 rings (SSSR count). The van der Waals surface area contributed by atoms with E-state index in [1.165, 1.54) is 11.1 Å². The zero-order valence-electron chi connectivity index (χ0n) is 11.7. The topological polar surface area (TPSA) is 30.5 Å². The fraction of sp³-hybridized carbons (Fsp3) is 0.294. The van der Waals surface area contributed by atoms with Crippen LogP contribution in [0.3, 0.4) is 0 Å². The van der Waals surface area contributed by atoms with Crippen molar-refractivity contribution in [3.05, 3.63) is 53.6 Å². The van der Waals surface area contributed by atoms with Crippen molar-refractivity contribution in [1.29, 1.82) is 0 Å². The van der Waals surface area contributed by atoms with Gasteiger partial charge in [0.15, 0.2) is 11.5 Å². The first-order valence-electron chi connectivity index (χ1n) is 7.00. The smallest absolute Gasteiger partial charge is 0.161 e. The summed E-state index contributed by atoms with van der Waals surface area (Å²) in [6.07, 6.45) is 1.84. The minimum atomic E-state index is 0.729. The monoisotopic (exact) mass is 269 g/mol. The van der Waals surface area contributed by atoms with E-state index in [1.54, 1.807) is 0 Å². The van der Waals surface area contributed by atoms with Gasteiger partial charge in [-0.3, -0.25) is 0 Å². The van der Waals surface area contributed by atoms with Crippen molar-refractivity contribution in [1.82, 2.24) is 0 Å². The van der Waals surface area contributed by atoms with Gasteiger partial charge in [-0.15, -0.1) is 0 Å². The van der Waals surface area contributed by atoms with Gasteiger partial charge < -0.3 is 14.8 Å². The van der Waals surface area contributed by atoms with Crippen molar-refractivity contribution >= 4 is 5.69 Å². The normalized spacial score (nSPS) is 13.7. The molecule has 3 nitrogen and oxygen atoms in total. The summed E-state index contributed by atoms with van der Waals surface area (Å²) in [5.74, 6) is 1.73. The first kappa shape index (κ1) is 12.9. The molecule has 20 heavy (non-hydrogen) atoms. The number of anilines is 1. The third-order valence-corrected chi connectivity index (χ3v) is 3.46. The Labute approximate surface area is 119 Å². The minimum Gasteiger partial charge on any atom is -0.490 e. The lowest BCUT2D eigenvalue weighted by Gasteiger charge is -2.10. The Morgan fingerprint density at radius 3 is 2.35 bits per heavy atom. The Bertz CT molecular complexity index is 578. The Balaban J connectivity index is 1.78. The molecule has 1 aliphatic heterocycles. The van der Waals surface area contributed by atoms with Crippen LogP contribution in [-0.2, 0) is 6.42 Å². The van der Waals surface area contributed by atoms with Gasteiger partial charge in [-0.1, -0.05) is 18.2 Å². The fourth-order valence-electron chi connectivity index (χ4n) is 2.34. The molecule has 0 amide bonds. The summed E-state index contributed by atoms with van der Waals surface area (Å²) in [5.41, 5.74) is 3.66. The van der Waals surface area contributed by atoms with Crippen LogP contribution in [-0.4, -0.2) is 20.3 Å². The second kappa shape index (κ2) is 5.87. The number of rotatable bonds is 3. The highest BCUT2D eigenvalue weighted by atomic mass is 16.5. The number of hydrogen-bond donors (Lipinski definition) is 1. The molecule has 3 heteroatoms. The Morgan fingerprint density at radius 2 is 1.60 bits per heavy atom. The van der Waals surface area contributed by atoms with Crippen LogP contribution in [0, 0.1) is 0 Å². The summed E-state index contributed by atoms with van der Waals surface area (Å²) in [5, 5.41) is 3.13. The van der Waals surface area contributed by atoms with E-state index < -0.39 is 0 Å². The standard InChI is InChI=1S/C17H19NO2/c1-18-15-6-3-13(4-7-15)11-14-5-8-16-17(12-14)20-10-2-9-19-16/h3-8,12,18H,2,9-11H2,1H3. The summed E-state index contributed by atoms with van der Waals surface area (Å²) in [6, 6.07) is 14.7. The van der Waals surface area contributed by atoms with Crippen LogP contribution in [0.2, 0.25) is 0 Å². The molecule has 0 spiro atoms. The fourth-order valence-corrected chi connectivity index (χ4v) is 2.34. The van der Waals surface area contributed by atoms with E-state index in [4.69, 9.17) is 9.47 Å². The molecule has 0 aromatic heterocycles. The molecule has 0 fully saturated rings. The molecule has 1 aliphatic rings. The maximum Gasteiger partial charge on any atom is 0.161 e. The van der Waals surface area contributed by atoms with Gasteiger partial charge in [0, 0.05) is 19.2 Å². The number of hydrogen-bond acceptors (Lipinski definition) is 3. The molecule has 0 unspecified atom stereocenters. The van der Waals surface area contributed by atoms with Crippen LogP contribution in [0.4, 0.5) is 5.69 Å². The number of benzene rings is 2. The van der Waals surface area contributed by atoms with Gasteiger partial charge in [0.25, 0.3) is 0 Å². The summed E-state index contributed by atoms with van der Waals surface area (Å²) in [6.45, 7) is 1.46. The first-order chi connectivity index (χ1) is 9.85. The highest BCUT2D eigenvalue weighted by Gasteiger charge is 2.10. The van der Waals surface area contributed by atoms with Crippen molar-refractivity contribution in [2.45, 2.75) is 12.8 Å². The second-order valence-corrected chi connectivity index (χ2v) is 4.96. The molecule has 0 saturated heterocycles. The van der Waals surface area contributed by atoms with E-state index in [1.807, 2.05) is 13.1 Å². The SMILES string of the molecule is CNc1ccc(Cc2ccc3c(c2)OCCCO3)cc1. The predicted octanol–water partition coefficient (Wildman–Crippen LogP) is 3.48. The van der Waals surface area contributed by atoms with Crippen LogP contribution in [0.15, 0.2) is 42.5 Å². The van der Waals surface area contributed by atoms with Gasteiger partial charge in [-0.05, 0) is 41.8 Å². The van der Waals surface area contributed by atoms with Crippen LogP contribution in [0.5, 0.6) is 11.5 Å². The Hall–Kier alpha value is -2.16.